The number of Topliss-reactive ketones (excluding diaryl/α,β-unsaturated/α-hetero) is 2. The highest BCUT2D eigenvalue weighted by Crippen LogP contribution is 2.60. The molecule has 1 saturated heterocycles. The van der Waals surface area contributed by atoms with Crippen LogP contribution in [0, 0.1) is 12.3 Å². The van der Waals surface area contributed by atoms with Crippen LogP contribution in [0.4, 0.5) is 0 Å². The maximum Gasteiger partial charge on any atom is 0.247 e. The highest BCUT2D eigenvalue weighted by molar-refractivity contribution is 6.07. The van der Waals surface area contributed by atoms with E-state index >= 15 is 0 Å². The summed E-state index contributed by atoms with van der Waals surface area (Å²) >= 11 is 0. The fourth-order valence-corrected chi connectivity index (χ4v) is 6.41. The second-order valence-corrected chi connectivity index (χ2v) is 11.4. The molecule has 1 aliphatic carbocycles. The van der Waals surface area contributed by atoms with Gasteiger partial charge in [0.05, 0.1) is 18.2 Å². The summed E-state index contributed by atoms with van der Waals surface area (Å²) in [5, 5.41) is 16.1. The van der Waals surface area contributed by atoms with Crippen LogP contribution in [0.1, 0.15) is 74.3 Å². The van der Waals surface area contributed by atoms with E-state index in [9.17, 15) is 19.2 Å². The van der Waals surface area contributed by atoms with Crippen LogP contribution in [0.25, 0.3) is 22.4 Å². The number of hydrogen-bond acceptors (Lipinski definition) is 9. The molecule has 41 heavy (non-hydrogen) atoms. The molecule has 4 heterocycles. The van der Waals surface area contributed by atoms with Crippen molar-refractivity contribution in [1.29, 1.82) is 0 Å². The standard InChI is InChI=1S/C29H34N6O6/c1-4-22(37)21-11-29-12-23(29)35(21)25(39)14-34-27-19(13-30-24(38)7-5-6-8-40-15-29)9-18(28-32-31-17(3)41-28)10-20(27)26(33-34)16(2)36/h9-10,21,23H,4-8,11-15H2,1-3H3,(H,30,38)/t21-,23+,29-/m0/s1. The predicted octanol–water partition coefficient (Wildman–Crippen LogP) is 2.75. The minimum absolute atomic E-state index is 0.0389. The molecule has 6 rings (SSSR count). The summed E-state index contributed by atoms with van der Waals surface area (Å²) in [5.41, 5.74) is 1.79. The van der Waals surface area contributed by atoms with Crippen molar-refractivity contribution in [3.05, 3.63) is 29.3 Å². The first-order valence-electron chi connectivity index (χ1n) is 14.2. The number of nitrogens with zero attached hydrogens (tertiary/aromatic N) is 5. The van der Waals surface area contributed by atoms with Gasteiger partial charge in [-0.15, -0.1) is 10.2 Å². The fraction of sp³-hybridized carbons (Fsp3) is 0.552. The number of carbonyl (C=O) groups is 4. The van der Waals surface area contributed by atoms with E-state index < -0.39 is 6.04 Å². The molecule has 2 fully saturated rings. The Morgan fingerprint density at radius 1 is 1.17 bits per heavy atom. The van der Waals surface area contributed by atoms with Crippen LogP contribution in [0.5, 0.6) is 0 Å². The molecule has 0 spiro atoms. The number of amides is 2. The van der Waals surface area contributed by atoms with E-state index in [2.05, 4.69) is 20.6 Å². The van der Waals surface area contributed by atoms with Crippen LogP contribution in [0.2, 0.25) is 0 Å². The summed E-state index contributed by atoms with van der Waals surface area (Å²) in [6, 6.07) is 3.02. The van der Waals surface area contributed by atoms with Crippen LogP contribution in [0.3, 0.4) is 0 Å². The lowest BCUT2D eigenvalue weighted by Crippen LogP contribution is -2.44. The van der Waals surface area contributed by atoms with E-state index in [1.807, 2.05) is 13.0 Å². The van der Waals surface area contributed by atoms with Crippen LogP contribution >= 0.6 is 0 Å². The van der Waals surface area contributed by atoms with Gasteiger partial charge in [0.15, 0.2) is 11.6 Å². The highest BCUT2D eigenvalue weighted by atomic mass is 16.5. The first-order chi connectivity index (χ1) is 19.7. The smallest absolute Gasteiger partial charge is 0.247 e. The normalized spacial score (nSPS) is 25.1. The predicted molar refractivity (Wildman–Crippen MR) is 146 cm³/mol. The van der Waals surface area contributed by atoms with Crippen molar-refractivity contribution in [2.75, 3.05) is 13.2 Å². The van der Waals surface area contributed by atoms with E-state index in [0.29, 0.717) is 66.8 Å². The number of ketones is 2. The van der Waals surface area contributed by atoms with E-state index in [1.165, 1.54) is 11.6 Å². The van der Waals surface area contributed by atoms with E-state index in [1.54, 1.807) is 17.9 Å². The third-order valence-corrected chi connectivity index (χ3v) is 8.55. The molecular formula is C29H34N6O6. The largest absolute Gasteiger partial charge is 0.421 e. The average Bonchev–Trinajstić information content (AvgIpc) is 3.23. The Balaban J connectivity index is 1.45. The summed E-state index contributed by atoms with van der Waals surface area (Å²) in [7, 11) is 0. The lowest BCUT2D eigenvalue weighted by atomic mass is 9.97. The number of piperidine rings is 1. The van der Waals surface area contributed by atoms with Crippen molar-refractivity contribution in [2.24, 2.45) is 5.41 Å². The molecule has 1 N–H and O–H groups in total. The summed E-state index contributed by atoms with van der Waals surface area (Å²) < 4.78 is 13.2. The van der Waals surface area contributed by atoms with E-state index in [0.717, 1.165) is 12.8 Å². The average molecular weight is 563 g/mol. The van der Waals surface area contributed by atoms with Gasteiger partial charge in [0.2, 0.25) is 23.6 Å². The van der Waals surface area contributed by atoms with Gasteiger partial charge in [-0.25, -0.2) is 0 Å². The van der Waals surface area contributed by atoms with Crippen molar-refractivity contribution < 1.29 is 28.3 Å². The van der Waals surface area contributed by atoms with Crippen LogP contribution in [0.15, 0.2) is 16.5 Å². The molecule has 216 valence electrons. The van der Waals surface area contributed by atoms with Crippen molar-refractivity contribution in [3.8, 4) is 11.5 Å². The number of benzene rings is 1. The van der Waals surface area contributed by atoms with E-state index in [-0.39, 0.29) is 59.5 Å². The van der Waals surface area contributed by atoms with Gasteiger partial charge < -0.3 is 19.4 Å². The SMILES string of the molecule is CCC(=O)[C@@H]1C[C@]23COCCCCC(=O)NCc4cc(-c5nnc(C)o5)cc5c(C(C)=O)nn(c45)CC(=O)N1[C@@H]2C3. The molecule has 2 bridgehead atoms. The van der Waals surface area contributed by atoms with Crippen molar-refractivity contribution in [2.45, 2.75) is 84.5 Å². The van der Waals surface area contributed by atoms with Gasteiger partial charge in [-0.3, -0.25) is 23.9 Å². The number of ether oxygens (including phenoxy) is 1. The highest BCUT2D eigenvalue weighted by Gasteiger charge is 2.66. The van der Waals surface area contributed by atoms with Gasteiger partial charge in [-0.2, -0.15) is 5.10 Å². The quantitative estimate of drug-likeness (QED) is 0.474. The van der Waals surface area contributed by atoms with Crippen molar-refractivity contribution in [1.82, 2.24) is 30.2 Å². The van der Waals surface area contributed by atoms with Crippen molar-refractivity contribution >= 4 is 34.3 Å². The van der Waals surface area contributed by atoms with Gasteiger partial charge in [0, 0.05) is 62.2 Å². The molecule has 2 aliphatic heterocycles. The zero-order valence-electron chi connectivity index (χ0n) is 23.6. The molecule has 12 heteroatoms. The second-order valence-electron chi connectivity index (χ2n) is 11.4. The topological polar surface area (TPSA) is 150 Å². The van der Waals surface area contributed by atoms with Gasteiger partial charge in [0.25, 0.3) is 0 Å². The van der Waals surface area contributed by atoms with Crippen LogP contribution < -0.4 is 5.32 Å². The molecule has 1 aromatic carbocycles. The first-order valence-corrected chi connectivity index (χ1v) is 14.2. The molecule has 3 aliphatic rings. The number of aryl methyl sites for hydroxylation is 1. The molecule has 2 amide bonds. The van der Waals surface area contributed by atoms with Crippen LogP contribution in [-0.4, -0.2) is 73.6 Å². The van der Waals surface area contributed by atoms with Crippen molar-refractivity contribution in [3.63, 3.8) is 0 Å². The summed E-state index contributed by atoms with van der Waals surface area (Å²) in [5.74, 6) is 0.103. The monoisotopic (exact) mass is 562 g/mol. The summed E-state index contributed by atoms with van der Waals surface area (Å²) in [4.78, 5) is 54.1. The second kappa shape index (κ2) is 10.5. The lowest BCUT2D eigenvalue weighted by Gasteiger charge is -2.26. The number of carbonyl (C=O) groups excluding carboxylic acids is 4. The molecule has 0 unspecified atom stereocenters. The Morgan fingerprint density at radius 3 is 2.73 bits per heavy atom. The minimum Gasteiger partial charge on any atom is -0.421 e. The maximum absolute atomic E-state index is 13.9. The third kappa shape index (κ3) is 4.94. The molecule has 12 nitrogen and oxygen atoms in total. The molecular weight excluding hydrogens is 528 g/mol. The molecule has 1 saturated carbocycles. The zero-order chi connectivity index (χ0) is 28.9. The van der Waals surface area contributed by atoms with Gasteiger partial charge in [0.1, 0.15) is 12.2 Å². The lowest BCUT2D eigenvalue weighted by molar-refractivity contribution is -0.139. The van der Waals surface area contributed by atoms with Crippen LogP contribution in [-0.2, 0) is 32.2 Å². The Kier molecular flexibility index (Phi) is 6.96. The Labute approximate surface area is 236 Å². The van der Waals surface area contributed by atoms with Gasteiger partial charge in [-0.1, -0.05) is 6.92 Å². The number of rotatable bonds is 4. The molecule has 3 aromatic rings. The fourth-order valence-electron chi connectivity index (χ4n) is 6.41. The molecule has 2 aromatic heterocycles. The number of hydrogen-bond donors (Lipinski definition) is 1. The number of nitrogens with one attached hydrogen (secondary N) is 1. The minimum atomic E-state index is -0.492. The third-order valence-electron chi connectivity index (χ3n) is 8.55. The Hall–Kier alpha value is -3.93. The Bertz CT molecular complexity index is 1560. The summed E-state index contributed by atoms with van der Waals surface area (Å²) in [6.45, 7) is 5.94. The first kappa shape index (κ1) is 27.3. The summed E-state index contributed by atoms with van der Waals surface area (Å²) in [6.07, 6.45) is 3.49. The molecule has 3 atom stereocenters. The van der Waals surface area contributed by atoms with E-state index in [4.69, 9.17) is 9.15 Å². The molecule has 0 radical (unpaired) electrons. The maximum atomic E-state index is 13.9. The van der Waals surface area contributed by atoms with Gasteiger partial charge >= 0.3 is 0 Å². The zero-order valence-corrected chi connectivity index (χ0v) is 23.6. The number of aromatic nitrogens is 4. The van der Waals surface area contributed by atoms with Gasteiger partial charge in [-0.05, 0) is 43.4 Å². The Morgan fingerprint density at radius 2 is 2.00 bits per heavy atom.